The van der Waals surface area contributed by atoms with E-state index in [9.17, 15) is 18.0 Å². The number of ether oxygens (including phenoxy) is 1. The van der Waals surface area contributed by atoms with E-state index < -0.39 is 17.3 Å². The van der Waals surface area contributed by atoms with Crippen molar-refractivity contribution in [3.63, 3.8) is 0 Å². The Labute approximate surface area is 127 Å². The Morgan fingerprint density at radius 3 is 2.43 bits per heavy atom. The lowest BCUT2D eigenvalue weighted by atomic mass is 10.2. The van der Waals surface area contributed by atoms with Crippen molar-refractivity contribution >= 4 is 15.9 Å². The van der Waals surface area contributed by atoms with E-state index in [2.05, 4.69) is 15.9 Å². The second kappa shape index (κ2) is 6.34. The normalized spacial score (nSPS) is 11.4. The number of alkyl halides is 3. The van der Waals surface area contributed by atoms with Crippen LogP contribution in [0, 0.1) is 0 Å². The second-order valence-electron chi connectivity index (χ2n) is 4.22. The Morgan fingerprint density at radius 2 is 1.81 bits per heavy atom. The Kier molecular flexibility index (Phi) is 4.72. The highest BCUT2D eigenvalue weighted by Crippen LogP contribution is 2.25. The van der Waals surface area contributed by atoms with Crippen molar-refractivity contribution in [2.45, 2.75) is 12.7 Å². The van der Waals surface area contributed by atoms with Crippen molar-refractivity contribution in [2.24, 2.45) is 0 Å². The van der Waals surface area contributed by atoms with Crippen LogP contribution in [0.5, 0.6) is 5.75 Å². The van der Waals surface area contributed by atoms with Crippen LogP contribution in [0.1, 0.15) is 5.56 Å². The first-order chi connectivity index (χ1) is 9.88. The van der Waals surface area contributed by atoms with E-state index in [0.717, 1.165) is 15.1 Å². The number of aromatic nitrogens is 1. The highest BCUT2D eigenvalue weighted by atomic mass is 79.9. The van der Waals surface area contributed by atoms with Gasteiger partial charge in [-0.05, 0) is 36.4 Å². The van der Waals surface area contributed by atoms with Gasteiger partial charge in [0.2, 0.25) is 0 Å². The van der Waals surface area contributed by atoms with E-state index in [1.54, 1.807) is 24.3 Å². The fourth-order valence-electron chi connectivity index (χ4n) is 1.72. The number of nitrogens with zero attached hydrogens (tertiary/aromatic N) is 1. The maximum absolute atomic E-state index is 12.6. The first kappa shape index (κ1) is 15.6. The molecular formula is C14H11BrF3NO2. The van der Waals surface area contributed by atoms with E-state index in [1.165, 1.54) is 12.3 Å². The predicted octanol–water partition coefficient (Wildman–Crippen LogP) is 3.71. The highest BCUT2D eigenvalue weighted by Gasteiger charge is 2.34. The summed E-state index contributed by atoms with van der Waals surface area (Å²) in [5.74, 6) is 0.582. The molecule has 2 aromatic rings. The Balaban J connectivity index is 2.04. The summed E-state index contributed by atoms with van der Waals surface area (Å²) < 4.78 is 45.1. The Bertz CT molecular complexity index is 665. The first-order valence-electron chi connectivity index (χ1n) is 6.03. The SMILES string of the molecule is O=c1c(C(F)(F)F)cccn1CCOc1ccc(Br)cc1. The van der Waals surface area contributed by atoms with Gasteiger partial charge < -0.3 is 9.30 Å². The maximum atomic E-state index is 12.6. The highest BCUT2D eigenvalue weighted by molar-refractivity contribution is 9.10. The van der Waals surface area contributed by atoms with Crippen LogP contribution in [0.2, 0.25) is 0 Å². The van der Waals surface area contributed by atoms with Crippen molar-refractivity contribution in [1.29, 1.82) is 0 Å². The molecule has 0 radical (unpaired) electrons. The summed E-state index contributed by atoms with van der Waals surface area (Å²) >= 11 is 3.28. The molecule has 0 atom stereocenters. The van der Waals surface area contributed by atoms with Gasteiger partial charge in [-0.2, -0.15) is 13.2 Å². The number of halogens is 4. The van der Waals surface area contributed by atoms with Gasteiger partial charge in [-0.15, -0.1) is 0 Å². The van der Waals surface area contributed by atoms with Crippen LogP contribution in [0.25, 0.3) is 0 Å². The molecule has 0 aliphatic carbocycles. The minimum absolute atomic E-state index is 0.0405. The molecule has 1 aromatic heterocycles. The molecule has 0 aliphatic heterocycles. The van der Waals surface area contributed by atoms with Crippen molar-refractivity contribution in [2.75, 3.05) is 6.61 Å². The third-order valence-corrected chi connectivity index (χ3v) is 3.27. The van der Waals surface area contributed by atoms with Gasteiger partial charge in [0.05, 0.1) is 6.54 Å². The molecule has 1 heterocycles. The lowest BCUT2D eigenvalue weighted by Crippen LogP contribution is -2.29. The van der Waals surface area contributed by atoms with Crippen LogP contribution >= 0.6 is 15.9 Å². The summed E-state index contributed by atoms with van der Waals surface area (Å²) in [7, 11) is 0. The molecule has 0 N–H and O–H groups in total. The van der Waals surface area contributed by atoms with Gasteiger partial charge in [-0.1, -0.05) is 15.9 Å². The van der Waals surface area contributed by atoms with Gasteiger partial charge in [0.1, 0.15) is 17.9 Å². The van der Waals surface area contributed by atoms with E-state index in [1.807, 2.05) is 0 Å². The van der Waals surface area contributed by atoms with Crippen LogP contribution in [0.4, 0.5) is 13.2 Å². The van der Waals surface area contributed by atoms with Crippen molar-refractivity contribution < 1.29 is 17.9 Å². The Hall–Kier alpha value is -1.76. The van der Waals surface area contributed by atoms with Crippen LogP contribution in [0.15, 0.2) is 51.9 Å². The van der Waals surface area contributed by atoms with E-state index in [0.29, 0.717) is 5.75 Å². The zero-order valence-corrected chi connectivity index (χ0v) is 12.3. The van der Waals surface area contributed by atoms with Crippen molar-refractivity contribution in [1.82, 2.24) is 4.57 Å². The van der Waals surface area contributed by atoms with Gasteiger partial charge in [0.15, 0.2) is 0 Å². The molecule has 0 unspecified atom stereocenters. The lowest BCUT2D eigenvalue weighted by Gasteiger charge is -2.11. The molecule has 0 fully saturated rings. The van der Waals surface area contributed by atoms with E-state index in [-0.39, 0.29) is 13.2 Å². The maximum Gasteiger partial charge on any atom is 0.421 e. The largest absolute Gasteiger partial charge is 0.492 e. The minimum atomic E-state index is -4.65. The van der Waals surface area contributed by atoms with Crippen molar-refractivity contribution in [3.05, 3.63) is 63.0 Å². The molecule has 3 nitrogen and oxygen atoms in total. The number of rotatable bonds is 4. The van der Waals surface area contributed by atoms with Crippen LogP contribution in [0.3, 0.4) is 0 Å². The number of benzene rings is 1. The number of hydrogen-bond donors (Lipinski definition) is 0. The zero-order chi connectivity index (χ0) is 15.5. The molecule has 0 bridgehead atoms. The standard InChI is InChI=1S/C14H11BrF3NO2/c15-10-3-5-11(6-4-10)21-9-8-19-7-1-2-12(13(19)20)14(16,17)18/h1-7H,8-9H2. The third kappa shape index (κ3) is 4.10. The van der Waals surface area contributed by atoms with Gasteiger partial charge in [0, 0.05) is 10.7 Å². The molecule has 21 heavy (non-hydrogen) atoms. The summed E-state index contributed by atoms with van der Waals surface area (Å²) in [6, 6.07) is 8.98. The monoisotopic (exact) mass is 361 g/mol. The van der Waals surface area contributed by atoms with Crippen LogP contribution in [-0.4, -0.2) is 11.2 Å². The molecule has 0 spiro atoms. The van der Waals surface area contributed by atoms with Gasteiger partial charge in [0.25, 0.3) is 5.56 Å². The Morgan fingerprint density at radius 1 is 1.14 bits per heavy atom. The summed E-state index contributed by atoms with van der Waals surface area (Å²) in [4.78, 5) is 11.7. The number of pyridine rings is 1. The fourth-order valence-corrected chi connectivity index (χ4v) is 1.99. The molecule has 0 amide bonds. The van der Waals surface area contributed by atoms with E-state index >= 15 is 0 Å². The predicted molar refractivity (Wildman–Crippen MR) is 75.3 cm³/mol. The summed E-state index contributed by atoms with van der Waals surface area (Å²) in [6.45, 7) is 0.141. The fraction of sp³-hybridized carbons (Fsp3) is 0.214. The molecule has 2 rings (SSSR count). The summed E-state index contributed by atoms with van der Waals surface area (Å²) in [6.07, 6.45) is -3.34. The van der Waals surface area contributed by atoms with Crippen LogP contribution < -0.4 is 10.3 Å². The van der Waals surface area contributed by atoms with E-state index in [4.69, 9.17) is 4.74 Å². The molecule has 0 aliphatic rings. The molecular weight excluding hydrogens is 351 g/mol. The third-order valence-electron chi connectivity index (χ3n) is 2.74. The minimum Gasteiger partial charge on any atom is -0.492 e. The number of hydrogen-bond acceptors (Lipinski definition) is 2. The average Bonchev–Trinajstić information content (AvgIpc) is 2.41. The summed E-state index contributed by atoms with van der Waals surface area (Å²) in [5.41, 5.74) is -2.24. The molecule has 0 saturated carbocycles. The smallest absolute Gasteiger partial charge is 0.421 e. The second-order valence-corrected chi connectivity index (χ2v) is 5.14. The van der Waals surface area contributed by atoms with Gasteiger partial charge in [-0.3, -0.25) is 4.79 Å². The molecule has 112 valence electrons. The quantitative estimate of drug-likeness (QED) is 0.831. The zero-order valence-electron chi connectivity index (χ0n) is 10.7. The van der Waals surface area contributed by atoms with Gasteiger partial charge in [-0.25, -0.2) is 0 Å². The topological polar surface area (TPSA) is 31.2 Å². The molecule has 7 heteroatoms. The van der Waals surface area contributed by atoms with Crippen molar-refractivity contribution in [3.8, 4) is 5.75 Å². The van der Waals surface area contributed by atoms with Crippen LogP contribution in [-0.2, 0) is 12.7 Å². The summed E-state index contributed by atoms with van der Waals surface area (Å²) in [5, 5.41) is 0. The van der Waals surface area contributed by atoms with Gasteiger partial charge >= 0.3 is 6.18 Å². The molecule has 0 saturated heterocycles. The molecule has 1 aromatic carbocycles. The average molecular weight is 362 g/mol. The lowest BCUT2D eigenvalue weighted by molar-refractivity contribution is -0.139. The first-order valence-corrected chi connectivity index (χ1v) is 6.82.